The lowest BCUT2D eigenvalue weighted by molar-refractivity contribution is 0.0267. The third-order valence-electron chi connectivity index (χ3n) is 3.72. The fourth-order valence-corrected chi connectivity index (χ4v) is 2.34. The predicted molar refractivity (Wildman–Crippen MR) is 61.1 cm³/mol. The Morgan fingerprint density at radius 3 is 2.71 bits per heavy atom. The maximum absolute atomic E-state index is 10.1. The van der Waals surface area contributed by atoms with Crippen molar-refractivity contribution >= 4 is 0 Å². The highest BCUT2D eigenvalue weighted by atomic mass is 16.3. The molecule has 0 heterocycles. The molecule has 3 unspecified atom stereocenters. The van der Waals surface area contributed by atoms with Crippen molar-refractivity contribution in [1.82, 2.24) is 0 Å². The van der Waals surface area contributed by atoms with Crippen molar-refractivity contribution in [2.24, 2.45) is 11.3 Å². The maximum Gasteiger partial charge on any atom is 0.0803 e. The van der Waals surface area contributed by atoms with Crippen LogP contribution in [0.5, 0.6) is 0 Å². The molecule has 1 rings (SSSR count). The van der Waals surface area contributed by atoms with Crippen LogP contribution in [0.4, 0.5) is 0 Å². The van der Waals surface area contributed by atoms with Gasteiger partial charge in [0.05, 0.1) is 6.10 Å². The van der Waals surface area contributed by atoms with E-state index in [4.69, 9.17) is 0 Å². The molecule has 0 aromatic heterocycles. The normalized spacial score (nSPS) is 34.9. The average Bonchev–Trinajstić information content (AvgIpc) is 2.10. The zero-order valence-electron chi connectivity index (χ0n) is 9.80. The van der Waals surface area contributed by atoms with Crippen LogP contribution in [0.2, 0.25) is 0 Å². The van der Waals surface area contributed by atoms with Crippen LogP contribution in [0.1, 0.15) is 40.5 Å². The van der Waals surface area contributed by atoms with Crippen LogP contribution >= 0.6 is 0 Å². The van der Waals surface area contributed by atoms with Gasteiger partial charge in [0.2, 0.25) is 0 Å². The summed E-state index contributed by atoms with van der Waals surface area (Å²) < 4.78 is 0. The molecule has 0 saturated heterocycles. The van der Waals surface area contributed by atoms with Crippen LogP contribution in [0.3, 0.4) is 0 Å². The summed E-state index contributed by atoms with van der Waals surface area (Å²) >= 11 is 0. The SMILES string of the molecule is C=C(C)C(O)C1(C)CCC(C)=CC1C. The molecule has 1 aliphatic carbocycles. The monoisotopic (exact) mass is 194 g/mol. The lowest BCUT2D eigenvalue weighted by atomic mass is 9.65. The first-order chi connectivity index (χ1) is 6.38. The molecule has 1 nitrogen and oxygen atoms in total. The highest BCUT2D eigenvalue weighted by Crippen LogP contribution is 2.43. The van der Waals surface area contributed by atoms with Crippen LogP contribution in [-0.2, 0) is 0 Å². The van der Waals surface area contributed by atoms with E-state index in [9.17, 15) is 5.11 Å². The molecular weight excluding hydrogens is 172 g/mol. The van der Waals surface area contributed by atoms with E-state index in [2.05, 4.69) is 33.4 Å². The molecule has 1 aliphatic rings. The predicted octanol–water partition coefficient (Wildman–Crippen LogP) is 3.31. The molecule has 80 valence electrons. The molecule has 0 saturated carbocycles. The van der Waals surface area contributed by atoms with E-state index >= 15 is 0 Å². The standard InChI is InChI=1S/C13H22O/c1-9(2)12(14)13(5)7-6-10(3)8-11(13)4/h8,11-12,14H,1,6-7H2,2-5H3. The zero-order valence-corrected chi connectivity index (χ0v) is 9.80. The van der Waals surface area contributed by atoms with Crippen LogP contribution < -0.4 is 0 Å². The Kier molecular flexibility index (Phi) is 3.20. The highest BCUT2D eigenvalue weighted by Gasteiger charge is 2.39. The van der Waals surface area contributed by atoms with Crippen LogP contribution in [0.25, 0.3) is 0 Å². The van der Waals surface area contributed by atoms with Gasteiger partial charge in [0.25, 0.3) is 0 Å². The molecule has 0 bridgehead atoms. The summed E-state index contributed by atoms with van der Waals surface area (Å²) in [5.74, 6) is 0.433. The largest absolute Gasteiger partial charge is 0.388 e. The van der Waals surface area contributed by atoms with Gasteiger partial charge in [-0.15, -0.1) is 0 Å². The molecule has 0 radical (unpaired) electrons. The Hall–Kier alpha value is -0.560. The summed E-state index contributed by atoms with van der Waals surface area (Å²) in [6.45, 7) is 12.3. The third kappa shape index (κ3) is 1.93. The Morgan fingerprint density at radius 2 is 2.29 bits per heavy atom. The number of aliphatic hydroxyl groups excluding tert-OH is 1. The van der Waals surface area contributed by atoms with Gasteiger partial charge in [-0.2, -0.15) is 0 Å². The Balaban J connectivity index is 2.90. The molecule has 3 atom stereocenters. The Morgan fingerprint density at radius 1 is 1.71 bits per heavy atom. The number of allylic oxidation sites excluding steroid dienone is 2. The minimum atomic E-state index is -0.373. The lowest BCUT2D eigenvalue weighted by Crippen LogP contribution is -2.39. The topological polar surface area (TPSA) is 20.2 Å². The molecule has 0 amide bonds. The second-order valence-corrected chi connectivity index (χ2v) is 5.06. The molecular formula is C13H22O. The molecule has 0 spiro atoms. The van der Waals surface area contributed by atoms with E-state index in [1.165, 1.54) is 5.57 Å². The number of aliphatic hydroxyl groups is 1. The molecule has 1 heteroatoms. The van der Waals surface area contributed by atoms with E-state index in [1.54, 1.807) is 0 Å². The van der Waals surface area contributed by atoms with Crippen molar-refractivity contribution in [3.05, 3.63) is 23.8 Å². The van der Waals surface area contributed by atoms with Gasteiger partial charge in [0.15, 0.2) is 0 Å². The minimum Gasteiger partial charge on any atom is -0.388 e. The average molecular weight is 194 g/mol. The Bertz CT molecular complexity index is 264. The van der Waals surface area contributed by atoms with Crippen LogP contribution in [0, 0.1) is 11.3 Å². The fourth-order valence-electron chi connectivity index (χ4n) is 2.34. The van der Waals surface area contributed by atoms with E-state index in [1.807, 2.05) is 6.92 Å². The second-order valence-electron chi connectivity index (χ2n) is 5.06. The van der Waals surface area contributed by atoms with E-state index < -0.39 is 0 Å². The van der Waals surface area contributed by atoms with Gasteiger partial charge in [-0.25, -0.2) is 0 Å². The first-order valence-electron chi connectivity index (χ1n) is 5.38. The zero-order chi connectivity index (χ0) is 10.9. The molecule has 14 heavy (non-hydrogen) atoms. The van der Waals surface area contributed by atoms with Crippen molar-refractivity contribution in [1.29, 1.82) is 0 Å². The van der Waals surface area contributed by atoms with E-state index in [0.717, 1.165) is 18.4 Å². The van der Waals surface area contributed by atoms with Crippen LogP contribution in [0.15, 0.2) is 23.8 Å². The number of hydrogen-bond acceptors (Lipinski definition) is 1. The van der Waals surface area contributed by atoms with Gasteiger partial charge in [0, 0.05) is 5.41 Å². The van der Waals surface area contributed by atoms with Crippen LogP contribution in [-0.4, -0.2) is 11.2 Å². The van der Waals surface area contributed by atoms with E-state index in [-0.39, 0.29) is 11.5 Å². The van der Waals surface area contributed by atoms with Crippen molar-refractivity contribution in [3.63, 3.8) is 0 Å². The second kappa shape index (κ2) is 3.90. The fraction of sp³-hybridized carbons (Fsp3) is 0.692. The molecule has 1 N–H and O–H groups in total. The van der Waals surface area contributed by atoms with Gasteiger partial charge >= 0.3 is 0 Å². The van der Waals surface area contributed by atoms with Crippen molar-refractivity contribution in [2.75, 3.05) is 0 Å². The lowest BCUT2D eigenvalue weighted by Gasteiger charge is -2.42. The van der Waals surface area contributed by atoms with Gasteiger partial charge in [-0.1, -0.05) is 37.6 Å². The quantitative estimate of drug-likeness (QED) is 0.669. The molecule has 0 aliphatic heterocycles. The summed E-state index contributed by atoms with van der Waals surface area (Å²) in [4.78, 5) is 0. The van der Waals surface area contributed by atoms with Crippen molar-refractivity contribution in [3.8, 4) is 0 Å². The summed E-state index contributed by atoms with van der Waals surface area (Å²) in [5.41, 5.74) is 2.31. The van der Waals surface area contributed by atoms with Gasteiger partial charge < -0.3 is 5.11 Å². The molecule has 0 fully saturated rings. The first-order valence-corrected chi connectivity index (χ1v) is 5.38. The maximum atomic E-state index is 10.1. The van der Waals surface area contributed by atoms with Gasteiger partial charge in [-0.3, -0.25) is 0 Å². The van der Waals surface area contributed by atoms with Crippen molar-refractivity contribution in [2.45, 2.75) is 46.6 Å². The Labute approximate surface area is 87.5 Å². The summed E-state index contributed by atoms with van der Waals surface area (Å²) in [6.07, 6.45) is 4.08. The number of hydrogen-bond donors (Lipinski definition) is 1. The summed E-state index contributed by atoms with van der Waals surface area (Å²) in [6, 6.07) is 0. The molecule has 0 aromatic rings. The summed E-state index contributed by atoms with van der Waals surface area (Å²) in [7, 11) is 0. The van der Waals surface area contributed by atoms with Crippen molar-refractivity contribution < 1.29 is 5.11 Å². The smallest absolute Gasteiger partial charge is 0.0803 e. The molecule has 0 aromatic carbocycles. The third-order valence-corrected chi connectivity index (χ3v) is 3.72. The minimum absolute atomic E-state index is 0.0225. The number of rotatable bonds is 2. The highest BCUT2D eigenvalue weighted by molar-refractivity contribution is 5.16. The summed E-state index contributed by atoms with van der Waals surface area (Å²) in [5, 5.41) is 10.1. The van der Waals surface area contributed by atoms with Gasteiger partial charge in [0.1, 0.15) is 0 Å². The van der Waals surface area contributed by atoms with E-state index in [0.29, 0.717) is 5.92 Å². The first kappa shape index (κ1) is 11.5. The van der Waals surface area contributed by atoms with Gasteiger partial charge in [-0.05, 0) is 32.6 Å².